The van der Waals surface area contributed by atoms with E-state index < -0.39 is 0 Å². The van der Waals surface area contributed by atoms with Crippen molar-refractivity contribution in [2.75, 3.05) is 13.1 Å². The summed E-state index contributed by atoms with van der Waals surface area (Å²) in [4.78, 5) is 0. The maximum Gasteiger partial charge on any atom is 0.0464 e. The number of halogens is 1. The summed E-state index contributed by atoms with van der Waals surface area (Å²) < 4.78 is 0. The number of rotatable bonds is 1. The van der Waals surface area contributed by atoms with Crippen molar-refractivity contribution in [2.24, 2.45) is 0 Å². The second kappa shape index (κ2) is 3.32. The van der Waals surface area contributed by atoms with Crippen LogP contribution in [0.15, 0.2) is 12.1 Å². The Bertz CT molecular complexity index is 306. The maximum atomic E-state index is 6.10. The lowest BCUT2D eigenvalue weighted by Gasteiger charge is -2.28. The van der Waals surface area contributed by atoms with Gasteiger partial charge in [-0.1, -0.05) is 23.7 Å². The molecular formula is C11H14ClN. The monoisotopic (exact) mass is 195 g/mol. The van der Waals surface area contributed by atoms with Gasteiger partial charge in [-0.25, -0.2) is 0 Å². The second-order valence-corrected chi connectivity index (χ2v) is 4.20. The Balaban J connectivity index is 2.37. The second-order valence-electron chi connectivity index (χ2n) is 3.82. The summed E-state index contributed by atoms with van der Waals surface area (Å²) in [6, 6.07) is 4.42. The van der Waals surface area contributed by atoms with E-state index in [1.54, 1.807) is 0 Å². The van der Waals surface area contributed by atoms with Crippen molar-refractivity contribution in [3.8, 4) is 0 Å². The minimum absolute atomic E-state index is 0.703. The van der Waals surface area contributed by atoms with Gasteiger partial charge in [0.15, 0.2) is 0 Å². The van der Waals surface area contributed by atoms with E-state index in [1.807, 2.05) is 0 Å². The molecule has 1 N–H and O–H groups in total. The number of benzene rings is 1. The van der Waals surface area contributed by atoms with Crippen molar-refractivity contribution in [1.82, 2.24) is 5.32 Å². The molecule has 0 atom stereocenters. The van der Waals surface area contributed by atoms with E-state index in [9.17, 15) is 0 Å². The van der Waals surface area contributed by atoms with E-state index >= 15 is 0 Å². The topological polar surface area (TPSA) is 12.0 Å². The van der Waals surface area contributed by atoms with Crippen LogP contribution in [0.5, 0.6) is 0 Å². The van der Waals surface area contributed by atoms with Crippen LogP contribution in [0.4, 0.5) is 0 Å². The van der Waals surface area contributed by atoms with E-state index in [2.05, 4.69) is 31.3 Å². The molecule has 0 spiro atoms. The summed E-state index contributed by atoms with van der Waals surface area (Å²) >= 11 is 6.10. The van der Waals surface area contributed by atoms with Crippen molar-refractivity contribution in [3.63, 3.8) is 0 Å². The zero-order valence-electron chi connectivity index (χ0n) is 8.02. The molecule has 0 saturated carbocycles. The molecule has 1 aromatic rings. The summed E-state index contributed by atoms with van der Waals surface area (Å²) in [5, 5.41) is 4.19. The van der Waals surface area contributed by atoms with Crippen LogP contribution in [0.1, 0.15) is 22.6 Å². The molecule has 1 nitrogen and oxygen atoms in total. The molecule has 0 aliphatic carbocycles. The van der Waals surface area contributed by atoms with Gasteiger partial charge in [0.05, 0.1) is 0 Å². The zero-order valence-corrected chi connectivity index (χ0v) is 8.78. The van der Waals surface area contributed by atoms with E-state index in [0.29, 0.717) is 5.92 Å². The van der Waals surface area contributed by atoms with Gasteiger partial charge in [0.25, 0.3) is 0 Å². The predicted octanol–water partition coefficient (Wildman–Crippen LogP) is 2.64. The molecule has 1 aliphatic rings. The van der Waals surface area contributed by atoms with Crippen LogP contribution in [0.2, 0.25) is 5.02 Å². The first-order valence-corrected chi connectivity index (χ1v) is 5.03. The summed E-state index contributed by atoms with van der Waals surface area (Å²) in [6.45, 7) is 6.37. The van der Waals surface area contributed by atoms with E-state index in [-0.39, 0.29) is 0 Å². The van der Waals surface area contributed by atoms with Crippen LogP contribution >= 0.6 is 11.6 Å². The van der Waals surface area contributed by atoms with Gasteiger partial charge in [0, 0.05) is 24.0 Å². The molecule has 1 aliphatic heterocycles. The average molecular weight is 196 g/mol. The third kappa shape index (κ3) is 1.59. The van der Waals surface area contributed by atoms with Crippen molar-refractivity contribution in [3.05, 3.63) is 33.8 Å². The highest BCUT2D eigenvalue weighted by Crippen LogP contribution is 2.27. The molecule has 0 aromatic heterocycles. The molecule has 0 unspecified atom stereocenters. The Morgan fingerprint density at radius 3 is 2.15 bits per heavy atom. The maximum absolute atomic E-state index is 6.10. The third-order valence-corrected chi connectivity index (χ3v) is 3.31. The Morgan fingerprint density at radius 2 is 1.77 bits per heavy atom. The summed E-state index contributed by atoms with van der Waals surface area (Å²) in [6.07, 6.45) is 0. The molecule has 0 amide bonds. The van der Waals surface area contributed by atoms with Gasteiger partial charge in [-0.15, -0.1) is 0 Å². The largest absolute Gasteiger partial charge is 0.315 e. The Kier molecular flexibility index (Phi) is 2.31. The molecule has 13 heavy (non-hydrogen) atoms. The van der Waals surface area contributed by atoms with Crippen LogP contribution in [0, 0.1) is 13.8 Å². The normalized spacial score (nSPS) is 17.2. The first-order chi connectivity index (χ1) is 6.18. The van der Waals surface area contributed by atoms with Gasteiger partial charge in [-0.3, -0.25) is 0 Å². The van der Waals surface area contributed by atoms with Crippen molar-refractivity contribution >= 4 is 11.6 Å². The standard InChI is InChI=1S/C11H14ClN/c1-7-3-9(10-5-13-6-10)4-8(2)11(7)12/h3-4,10,13H,5-6H2,1-2H3. The summed E-state index contributed by atoms with van der Waals surface area (Å²) in [5.74, 6) is 0.703. The quantitative estimate of drug-likeness (QED) is 0.727. The fourth-order valence-corrected chi connectivity index (χ4v) is 1.85. The predicted molar refractivity (Wildman–Crippen MR) is 56.5 cm³/mol. The minimum Gasteiger partial charge on any atom is -0.315 e. The Hall–Kier alpha value is -0.530. The average Bonchev–Trinajstić information content (AvgIpc) is 1.96. The van der Waals surface area contributed by atoms with Crippen molar-refractivity contribution in [2.45, 2.75) is 19.8 Å². The molecule has 2 rings (SSSR count). The van der Waals surface area contributed by atoms with Gasteiger partial charge in [-0.2, -0.15) is 0 Å². The van der Waals surface area contributed by atoms with E-state index in [1.165, 1.54) is 16.7 Å². The smallest absolute Gasteiger partial charge is 0.0464 e. The first-order valence-electron chi connectivity index (χ1n) is 4.66. The molecule has 1 aromatic carbocycles. The van der Waals surface area contributed by atoms with Crippen LogP contribution in [-0.4, -0.2) is 13.1 Å². The number of hydrogen-bond donors (Lipinski definition) is 1. The fraction of sp³-hybridized carbons (Fsp3) is 0.455. The van der Waals surface area contributed by atoms with Gasteiger partial charge in [0.2, 0.25) is 0 Å². The molecular weight excluding hydrogens is 182 g/mol. The fourth-order valence-electron chi connectivity index (χ4n) is 1.74. The van der Waals surface area contributed by atoms with E-state index in [4.69, 9.17) is 11.6 Å². The Morgan fingerprint density at radius 1 is 1.23 bits per heavy atom. The lowest BCUT2D eigenvalue weighted by Crippen LogP contribution is -2.39. The molecule has 2 heteroatoms. The highest BCUT2D eigenvalue weighted by atomic mass is 35.5. The molecule has 0 radical (unpaired) electrons. The molecule has 1 saturated heterocycles. The molecule has 1 heterocycles. The van der Waals surface area contributed by atoms with Crippen molar-refractivity contribution in [1.29, 1.82) is 0 Å². The van der Waals surface area contributed by atoms with E-state index in [0.717, 1.165) is 18.1 Å². The van der Waals surface area contributed by atoms with Crippen LogP contribution < -0.4 is 5.32 Å². The molecule has 70 valence electrons. The van der Waals surface area contributed by atoms with Crippen LogP contribution in [-0.2, 0) is 0 Å². The first kappa shape index (κ1) is 9.04. The lowest BCUT2D eigenvalue weighted by atomic mass is 9.91. The molecule has 0 bridgehead atoms. The van der Waals surface area contributed by atoms with Gasteiger partial charge in [-0.05, 0) is 30.5 Å². The van der Waals surface area contributed by atoms with Gasteiger partial charge in [0.1, 0.15) is 0 Å². The minimum atomic E-state index is 0.703. The summed E-state index contributed by atoms with van der Waals surface area (Å²) in [5.41, 5.74) is 3.82. The van der Waals surface area contributed by atoms with Gasteiger partial charge >= 0.3 is 0 Å². The summed E-state index contributed by atoms with van der Waals surface area (Å²) in [7, 11) is 0. The number of hydrogen-bond acceptors (Lipinski definition) is 1. The number of aryl methyl sites for hydroxylation is 2. The zero-order chi connectivity index (χ0) is 9.42. The lowest BCUT2D eigenvalue weighted by molar-refractivity contribution is 0.448. The highest BCUT2D eigenvalue weighted by Gasteiger charge is 2.19. The van der Waals surface area contributed by atoms with Crippen molar-refractivity contribution < 1.29 is 0 Å². The third-order valence-electron chi connectivity index (χ3n) is 2.71. The highest BCUT2D eigenvalue weighted by molar-refractivity contribution is 6.32. The van der Waals surface area contributed by atoms with Crippen LogP contribution in [0.3, 0.4) is 0 Å². The van der Waals surface area contributed by atoms with Crippen LogP contribution in [0.25, 0.3) is 0 Å². The SMILES string of the molecule is Cc1cc(C2CNC2)cc(C)c1Cl. The Labute approximate surface area is 84.1 Å². The number of nitrogens with one attached hydrogen (secondary N) is 1. The van der Waals surface area contributed by atoms with Gasteiger partial charge < -0.3 is 5.32 Å². The molecule has 1 fully saturated rings.